The molecule has 4 heteroatoms. The molecule has 1 unspecified atom stereocenters. The van der Waals surface area contributed by atoms with Crippen LogP contribution >= 0.6 is 0 Å². The molecule has 13 heavy (non-hydrogen) atoms. The molecule has 1 atom stereocenters. The summed E-state index contributed by atoms with van der Waals surface area (Å²) in [6.45, 7) is 5.73. The highest BCUT2D eigenvalue weighted by atomic mass is 16.5. The zero-order valence-corrected chi connectivity index (χ0v) is 8.24. The number of hydrogen-bond acceptors (Lipinski definition) is 4. The Kier molecular flexibility index (Phi) is 5.97. The van der Waals surface area contributed by atoms with E-state index in [1.807, 2.05) is 0 Å². The fourth-order valence-electron chi connectivity index (χ4n) is 0.705. The Morgan fingerprint density at radius 1 is 1.46 bits per heavy atom. The van der Waals surface area contributed by atoms with Crippen LogP contribution in [0.2, 0.25) is 0 Å². The minimum absolute atomic E-state index is 0.142. The molecular weight excluding hydrogens is 172 g/mol. The van der Waals surface area contributed by atoms with Crippen LogP contribution in [0, 0.1) is 0 Å². The number of aliphatic hydroxyl groups excluding tert-OH is 1. The van der Waals surface area contributed by atoms with E-state index < -0.39 is 12.1 Å². The molecule has 0 aliphatic heterocycles. The number of ether oxygens (including phenoxy) is 2. The van der Waals surface area contributed by atoms with Gasteiger partial charge in [-0.2, -0.15) is 0 Å². The number of carbonyl (C=O) groups is 1. The third kappa shape index (κ3) is 4.52. The quantitative estimate of drug-likeness (QED) is 0.395. The average Bonchev–Trinajstić information content (AvgIpc) is 2.05. The van der Waals surface area contributed by atoms with Crippen molar-refractivity contribution in [3.05, 3.63) is 11.8 Å². The molecule has 0 radical (unpaired) electrons. The van der Waals surface area contributed by atoms with Gasteiger partial charge in [0, 0.05) is 0 Å². The lowest BCUT2D eigenvalue weighted by Gasteiger charge is -2.08. The van der Waals surface area contributed by atoms with Crippen LogP contribution in [0.4, 0.5) is 0 Å². The molecule has 0 rings (SSSR count). The van der Waals surface area contributed by atoms with E-state index in [4.69, 9.17) is 9.47 Å². The number of rotatable bonds is 5. The molecule has 0 amide bonds. The summed E-state index contributed by atoms with van der Waals surface area (Å²) < 4.78 is 9.62. The van der Waals surface area contributed by atoms with Gasteiger partial charge in [-0.3, -0.25) is 0 Å². The average molecular weight is 188 g/mol. The van der Waals surface area contributed by atoms with Gasteiger partial charge in [0.1, 0.15) is 0 Å². The van der Waals surface area contributed by atoms with Gasteiger partial charge < -0.3 is 14.6 Å². The monoisotopic (exact) mass is 188 g/mol. The molecule has 76 valence electrons. The topological polar surface area (TPSA) is 55.8 Å². The van der Waals surface area contributed by atoms with E-state index in [9.17, 15) is 9.90 Å². The highest BCUT2D eigenvalue weighted by Gasteiger charge is 2.16. The van der Waals surface area contributed by atoms with Gasteiger partial charge in [0.15, 0.2) is 0 Å². The number of hydrogen-bond donors (Lipinski definition) is 1. The molecule has 0 fully saturated rings. The van der Waals surface area contributed by atoms with Crippen molar-refractivity contribution in [1.29, 1.82) is 0 Å². The molecule has 0 heterocycles. The Morgan fingerprint density at radius 2 is 2.08 bits per heavy atom. The zero-order valence-electron chi connectivity index (χ0n) is 8.24. The summed E-state index contributed by atoms with van der Waals surface area (Å²) >= 11 is 0. The number of carbonyl (C=O) groups excluding carboxylic acids is 1. The smallest absolute Gasteiger partial charge is 0.339 e. The Bertz CT molecular complexity index is 184. The second-order valence-corrected chi connectivity index (χ2v) is 2.42. The van der Waals surface area contributed by atoms with Crippen LogP contribution in [-0.4, -0.2) is 30.4 Å². The zero-order chi connectivity index (χ0) is 10.3. The molecule has 0 aliphatic rings. The van der Waals surface area contributed by atoms with Gasteiger partial charge in [-0.05, 0) is 20.8 Å². The second kappa shape index (κ2) is 6.48. The Hall–Kier alpha value is -1.03. The van der Waals surface area contributed by atoms with Crippen LogP contribution in [0.1, 0.15) is 20.8 Å². The first-order valence-corrected chi connectivity index (χ1v) is 4.30. The second-order valence-electron chi connectivity index (χ2n) is 2.42. The van der Waals surface area contributed by atoms with E-state index in [-0.39, 0.29) is 12.2 Å². The van der Waals surface area contributed by atoms with Gasteiger partial charge in [0.25, 0.3) is 0 Å². The van der Waals surface area contributed by atoms with Crippen molar-refractivity contribution in [3.63, 3.8) is 0 Å². The largest absolute Gasteiger partial charge is 0.501 e. The van der Waals surface area contributed by atoms with Crippen molar-refractivity contribution < 1.29 is 19.4 Å². The fraction of sp³-hybridized carbons (Fsp3) is 0.667. The maximum Gasteiger partial charge on any atom is 0.339 e. The summed E-state index contributed by atoms with van der Waals surface area (Å²) in [7, 11) is 0. The normalized spacial score (nSPS) is 13.7. The molecule has 0 saturated heterocycles. The van der Waals surface area contributed by atoms with Crippen LogP contribution in [0.25, 0.3) is 0 Å². The van der Waals surface area contributed by atoms with Gasteiger partial charge in [0.2, 0.25) is 0 Å². The molecule has 0 aliphatic carbocycles. The molecule has 0 aromatic carbocycles. The minimum atomic E-state index is -0.870. The molecular formula is C9H16O4. The van der Waals surface area contributed by atoms with Gasteiger partial charge in [-0.1, -0.05) is 0 Å². The fourth-order valence-corrected chi connectivity index (χ4v) is 0.705. The third-order valence-electron chi connectivity index (χ3n) is 1.34. The van der Waals surface area contributed by atoms with Crippen molar-refractivity contribution in [2.45, 2.75) is 26.9 Å². The highest BCUT2D eigenvalue weighted by Crippen LogP contribution is 2.04. The van der Waals surface area contributed by atoms with E-state index in [0.29, 0.717) is 6.61 Å². The summed E-state index contributed by atoms with van der Waals surface area (Å²) in [5.41, 5.74) is 0.142. The van der Waals surface area contributed by atoms with E-state index in [2.05, 4.69) is 0 Å². The predicted octanol–water partition coefficient (Wildman–Crippen LogP) is 0.851. The molecule has 4 nitrogen and oxygen atoms in total. The molecule has 0 bridgehead atoms. The summed E-state index contributed by atoms with van der Waals surface area (Å²) in [5.74, 6) is -0.536. The standard InChI is InChI=1S/C9H16O4/c1-4-12-6-8(7(3)10)9(11)13-5-2/h6-7,10H,4-5H2,1-3H3/b8-6+. The highest BCUT2D eigenvalue weighted by molar-refractivity contribution is 5.89. The Morgan fingerprint density at radius 3 is 2.46 bits per heavy atom. The Labute approximate surface area is 78.2 Å². The van der Waals surface area contributed by atoms with Crippen molar-refractivity contribution in [3.8, 4) is 0 Å². The lowest BCUT2D eigenvalue weighted by molar-refractivity contribution is -0.139. The maximum atomic E-state index is 11.2. The maximum absolute atomic E-state index is 11.2. The first-order valence-electron chi connectivity index (χ1n) is 4.30. The van der Waals surface area contributed by atoms with E-state index in [0.717, 1.165) is 0 Å². The van der Waals surface area contributed by atoms with E-state index in [1.165, 1.54) is 13.2 Å². The van der Waals surface area contributed by atoms with Crippen LogP contribution in [0.15, 0.2) is 11.8 Å². The first kappa shape index (κ1) is 12.0. The SMILES string of the molecule is CCO/C=C(/C(=O)OCC)C(C)O. The summed E-state index contributed by atoms with van der Waals surface area (Å²) in [5, 5.41) is 9.19. The van der Waals surface area contributed by atoms with Crippen molar-refractivity contribution in [1.82, 2.24) is 0 Å². The summed E-state index contributed by atoms with van der Waals surface area (Å²) in [6, 6.07) is 0. The molecule has 0 saturated carbocycles. The number of esters is 1. The van der Waals surface area contributed by atoms with E-state index >= 15 is 0 Å². The summed E-state index contributed by atoms with van der Waals surface area (Å²) in [4.78, 5) is 11.2. The molecule has 1 N–H and O–H groups in total. The molecule has 0 spiro atoms. The number of aliphatic hydroxyl groups is 1. The first-order chi connectivity index (χ1) is 6.13. The van der Waals surface area contributed by atoms with Crippen molar-refractivity contribution >= 4 is 5.97 Å². The van der Waals surface area contributed by atoms with E-state index in [1.54, 1.807) is 13.8 Å². The van der Waals surface area contributed by atoms with Crippen LogP contribution in [-0.2, 0) is 14.3 Å². The Balaban J connectivity index is 4.32. The van der Waals surface area contributed by atoms with Crippen molar-refractivity contribution in [2.75, 3.05) is 13.2 Å². The van der Waals surface area contributed by atoms with Crippen LogP contribution < -0.4 is 0 Å². The lowest BCUT2D eigenvalue weighted by Crippen LogP contribution is -2.17. The lowest BCUT2D eigenvalue weighted by atomic mass is 10.2. The van der Waals surface area contributed by atoms with Crippen molar-refractivity contribution in [2.24, 2.45) is 0 Å². The predicted molar refractivity (Wildman–Crippen MR) is 48.0 cm³/mol. The van der Waals surface area contributed by atoms with Gasteiger partial charge in [-0.25, -0.2) is 4.79 Å². The van der Waals surface area contributed by atoms with Gasteiger partial charge in [-0.15, -0.1) is 0 Å². The molecule has 0 aromatic rings. The van der Waals surface area contributed by atoms with Crippen LogP contribution in [0.3, 0.4) is 0 Å². The summed E-state index contributed by atoms with van der Waals surface area (Å²) in [6.07, 6.45) is 0.369. The minimum Gasteiger partial charge on any atom is -0.501 e. The van der Waals surface area contributed by atoms with Gasteiger partial charge >= 0.3 is 5.97 Å². The third-order valence-corrected chi connectivity index (χ3v) is 1.34. The molecule has 0 aromatic heterocycles. The van der Waals surface area contributed by atoms with Crippen LogP contribution in [0.5, 0.6) is 0 Å². The van der Waals surface area contributed by atoms with Gasteiger partial charge in [0.05, 0.1) is 31.2 Å².